The van der Waals surface area contributed by atoms with Gasteiger partial charge in [0, 0.05) is 6.42 Å². The molecule has 1 radical (unpaired) electrons. The molecule has 0 bridgehead atoms. The van der Waals surface area contributed by atoms with E-state index in [1.807, 2.05) is 0 Å². The number of ether oxygens (including phenoxy) is 2. The summed E-state index contributed by atoms with van der Waals surface area (Å²) >= 11 is 0. The Labute approximate surface area is 82.0 Å². The van der Waals surface area contributed by atoms with E-state index in [0.717, 1.165) is 19.3 Å². The number of hydrogen-bond donors (Lipinski definition) is 0. The molecule has 1 unspecified atom stereocenters. The van der Waals surface area contributed by atoms with Crippen molar-refractivity contribution in [2.75, 3.05) is 6.61 Å². The summed E-state index contributed by atoms with van der Waals surface area (Å²) in [6.45, 7) is 0.00676. The lowest BCUT2D eigenvalue weighted by Gasteiger charge is -2.13. The van der Waals surface area contributed by atoms with Crippen molar-refractivity contribution in [2.45, 2.75) is 38.2 Å². The van der Waals surface area contributed by atoms with Crippen LogP contribution in [0.3, 0.4) is 0 Å². The molecule has 0 aromatic carbocycles. The largest absolute Gasteiger partial charge is 0.550 e. The van der Waals surface area contributed by atoms with Crippen LogP contribution in [0, 0.1) is 0 Å². The molecule has 0 amide bonds. The molecule has 1 heterocycles. The summed E-state index contributed by atoms with van der Waals surface area (Å²) in [6.07, 6.45) is 1.37. The maximum Gasteiger partial charge on any atom is 0.550 e. The van der Waals surface area contributed by atoms with Crippen LogP contribution in [0.4, 0.5) is 4.79 Å². The molecule has 5 nitrogen and oxygen atoms in total. The maximum atomic E-state index is 11.0. The summed E-state index contributed by atoms with van der Waals surface area (Å²) in [6, 6.07) is 0. The van der Waals surface area contributed by atoms with Gasteiger partial charge in [0.25, 0.3) is 0 Å². The van der Waals surface area contributed by atoms with Gasteiger partial charge in [0.1, 0.15) is 12.7 Å². The number of rotatable bonds is 1. The molecule has 1 rings (SSSR count). The summed E-state index contributed by atoms with van der Waals surface area (Å²) < 4.78 is 9.28. The zero-order chi connectivity index (χ0) is 10.4. The van der Waals surface area contributed by atoms with E-state index in [2.05, 4.69) is 4.74 Å². The van der Waals surface area contributed by atoms with Gasteiger partial charge in [0.15, 0.2) is 0 Å². The Balaban J connectivity index is 2.40. The lowest BCUT2D eigenvalue weighted by atomic mass is 10.1. The van der Waals surface area contributed by atoms with Crippen LogP contribution in [0.15, 0.2) is 0 Å². The first-order valence-electron chi connectivity index (χ1n) is 4.72. The fourth-order valence-electron chi connectivity index (χ4n) is 1.39. The van der Waals surface area contributed by atoms with E-state index in [4.69, 9.17) is 4.74 Å². The molecular formula is C9H13O5. The molecule has 14 heavy (non-hydrogen) atoms. The van der Waals surface area contributed by atoms with Gasteiger partial charge in [-0.05, 0) is 19.3 Å². The van der Waals surface area contributed by atoms with Crippen molar-refractivity contribution in [1.82, 2.24) is 0 Å². The second kappa shape index (κ2) is 5.47. The average Bonchev–Trinajstić information content (AvgIpc) is 2.19. The third-order valence-corrected chi connectivity index (χ3v) is 2.10. The quantitative estimate of drug-likeness (QED) is 0.601. The molecule has 79 valence electrons. The second-order valence-corrected chi connectivity index (χ2v) is 3.27. The van der Waals surface area contributed by atoms with Crippen molar-refractivity contribution in [3.05, 3.63) is 0 Å². The van der Waals surface area contributed by atoms with Gasteiger partial charge in [0.2, 0.25) is 0 Å². The summed E-state index contributed by atoms with van der Waals surface area (Å²) in [7, 11) is 0. The molecular weight excluding hydrogens is 188 g/mol. The van der Waals surface area contributed by atoms with Gasteiger partial charge in [-0.25, -0.2) is 0 Å². The molecule has 0 aliphatic carbocycles. The van der Waals surface area contributed by atoms with E-state index in [1.165, 1.54) is 0 Å². The van der Waals surface area contributed by atoms with Crippen LogP contribution in [0.2, 0.25) is 0 Å². The third kappa shape index (κ3) is 4.11. The monoisotopic (exact) mass is 201 g/mol. The van der Waals surface area contributed by atoms with Gasteiger partial charge in [-0.3, -0.25) is 4.79 Å². The van der Waals surface area contributed by atoms with Crippen molar-refractivity contribution in [2.24, 2.45) is 0 Å². The van der Waals surface area contributed by atoms with Crippen LogP contribution >= 0.6 is 0 Å². The van der Waals surface area contributed by atoms with Gasteiger partial charge in [-0.2, -0.15) is 9.90 Å². The van der Waals surface area contributed by atoms with E-state index in [1.54, 1.807) is 0 Å². The second-order valence-electron chi connectivity index (χ2n) is 3.27. The molecule has 1 aliphatic heterocycles. The van der Waals surface area contributed by atoms with Crippen LogP contribution < -0.4 is 0 Å². The van der Waals surface area contributed by atoms with Crippen molar-refractivity contribution in [3.63, 3.8) is 0 Å². The van der Waals surface area contributed by atoms with E-state index < -0.39 is 12.3 Å². The van der Waals surface area contributed by atoms with E-state index in [0.29, 0.717) is 12.8 Å². The molecule has 5 heteroatoms. The Morgan fingerprint density at radius 3 is 2.86 bits per heavy atom. The number of hydrogen-bond acceptors (Lipinski definition) is 4. The van der Waals surface area contributed by atoms with Gasteiger partial charge in [-0.1, -0.05) is 6.42 Å². The smallest absolute Gasteiger partial charge is 0.462 e. The molecule has 0 aromatic heterocycles. The number of esters is 1. The standard InChI is InChI=1S/C9H13O5/c10-8-5-3-1-2-4-7(6-13-8)14-9(11)12/h7H,1-6H2. The first kappa shape index (κ1) is 10.8. The molecule has 1 fully saturated rings. The van der Waals surface area contributed by atoms with Crippen LogP contribution in [0.25, 0.3) is 0 Å². The summed E-state index contributed by atoms with van der Waals surface area (Å²) in [5.74, 6) is -0.293. The average molecular weight is 201 g/mol. The fourth-order valence-corrected chi connectivity index (χ4v) is 1.39. The highest BCUT2D eigenvalue weighted by atomic mass is 16.7. The van der Waals surface area contributed by atoms with Gasteiger partial charge < -0.3 is 9.47 Å². The molecule has 1 atom stereocenters. The van der Waals surface area contributed by atoms with Crippen LogP contribution in [0.5, 0.6) is 0 Å². The lowest BCUT2D eigenvalue weighted by molar-refractivity contribution is -0.147. The number of carbonyl (C=O) groups excluding carboxylic acids is 2. The van der Waals surface area contributed by atoms with Crippen LogP contribution in [-0.2, 0) is 19.4 Å². The summed E-state index contributed by atoms with van der Waals surface area (Å²) in [5.41, 5.74) is 0. The third-order valence-electron chi connectivity index (χ3n) is 2.10. The maximum absolute atomic E-state index is 11.0. The van der Waals surface area contributed by atoms with E-state index in [-0.39, 0.29) is 12.6 Å². The van der Waals surface area contributed by atoms with Crippen molar-refractivity contribution in [1.29, 1.82) is 0 Å². The minimum atomic E-state index is -1.56. The molecule has 1 saturated heterocycles. The first-order valence-corrected chi connectivity index (χ1v) is 4.72. The molecule has 0 N–H and O–H groups in total. The minimum absolute atomic E-state index is 0.00676. The van der Waals surface area contributed by atoms with Crippen LogP contribution in [0.1, 0.15) is 32.1 Å². The first-order chi connectivity index (χ1) is 6.68. The molecule has 0 spiro atoms. The van der Waals surface area contributed by atoms with E-state index >= 15 is 0 Å². The Morgan fingerprint density at radius 1 is 1.36 bits per heavy atom. The highest BCUT2D eigenvalue weighted by molar-refractivity contribution is 5.69. The van der Waals surface area contributed by atoms with E-state index in [9.17, 15) is 14.7 Å². The SMILES string of the molecule is [O]C(=O)OC1CCCCCC(=O)OC1. The lowest BCUT2D eigenvalue weighted by Crippen LogP contribution is -2.23. The van der Waals surface area contributed by atoms with Gasteiger partial charge in [0.05, 0.1) is 0 Å². The minimum Gasteiger partial charge on any atom is -0.462 e. The Bertz CT molecular complexity index is 213. The number of cyclic esters (lactones) is 1. The van der Waals surface area contributed by atoms with Crippen LogP contribution in [-0.4, -0.2) is 24.8 Å². The zero-order valence-corrected chi connectivity index (χ0v) is 7.86. The van der Waals surface area contributed by atoms with Crippen molar-refractivity contribution >= 4 is 12.1 Å². The normalized spacial score (nSPS) is 24.0. The Hall–Kier alpha value is -1.26. The highest BCUT2D eigenvalue weighted by Crippen LogP contribution is 2.12. The predicted molar refractivity (Wildman–Crippen MR) is 45.0 cm³/mol. The van der Waals surface area contributed by atoms with Crippen molar-refractivity contribution in [3.8, 4) is 0 Å². The molecule has 1 aliphatic rings. The molecule has 0 saturated carbocycles. The van der Waals surface area contributed by atoms with Gasteiger partial charge in [-0.15, -0.1) is 0 Å². The summed E-state index contributed by atoms with van der Waals surface area (Å²) in [4.78, 5) is 21.1. The van der Waals surface area contributed by atoms with Crippen molar-refractivity contribution < 1.29 is 24.2 Å². The molecule has 0 aromatic rings. The zero-order valence-electron chi connectivity index (χ0n) is 7.86. The number of carbonyl (C=O) groups is 2. The highest BCUT2D eigenvalue weighted by Gasteiger charge is 2.18. The topological polar surface area (TPSA) is 72.5 Å². The fraction of sp³-hybridized carbons (Fsp3) is 0.778. The van der Waals surface area contributed by atoms with Gasteiger partial charge >= 0.3 is 12.1 Å². The Kier molecular flexibility index (Phi) is 4.22. The summed E-state index contributed by atoms with van der Waals surface area (Å²) in [5, 5.41) is 10.2. The Morgan fingerprint density at radius 2 is 2.14 bits per heavy atom. The predicted octanol–water partition coefficient (Wildman–Crippen LogP) is 1.43.